The molecule has 0 unspecified atom stereocenters. The molecule has 0 aromatic heterocycles. The Morgan fingerprint density at radius 1 is 1.26 bits per heavy atom. The zero-order valence-corrected chi connectivity index (χ0v) is 12.3. The molecule has 0 bridgehead atoms. The van der Waals surface area contributed by atoms with Crippen LogP contribution in [-0.2, 0) is 6.54 Å². The normalized spacial score (nSPS) is 19.8. The van der Waals surface area contributed by atoms with Gasteiger partial charge in [-0.25, -0.2) is 0 Å². The monoisotopic (exact) mass is 274 g/mol. The summed E-state index contributed by atoms with van der Waals surface area (Å²) in [6.45, 7) is 3.25. The predicted molar refractivity (Wildman–Crippen MR) is 82.9 cm³/mol. The Bertz CT molecular complexity index is 437. The van der Waals surface area contributed by atoms with E-state index in [1.54, 1.807) is 0 Å². The molecule has 3 heteroatoms. The summed E-state index contributed by atoms with van der Waals surface area (Å²) >= 11 is 5.63. The summed E-state index contributed by atoms with van der Waals surface area (Å²) in [5.41, 5.74) is 1.34. The molecule has 0 amide bonds. The van der Waals surface area contributed by atoms with Crippen molar-refractivity contribution in [1.29, 1.82) is 0 Å². The highest BCUT2D eigenvalue weighted by molar-refractivity contribution is 7.80. The SMILES string of the molecule is C[C@H](C1CC1)N(Cc1ccccc1)C(=S)NC1CC1. The van der Waals surface area contributed by atoms with Crippen LogP contribution in [0.15, 0.2) is 30.3 Å². The second kappa shape index (κ2) is 5.49. The maximum Gasteiger partial charge on any atom is 0.169 e. The minimum absolute atomic E-state index is 0.555. The molecule has 0 saturated heterocycles. The van der Waals surface area contributed by atoms with Crippen molar-refractivity contribution < 1.29 is 0 Å². The highest BCUT2D eigenvalue weighted by atomic mass is 32.1. The van der Waals surface area contributed by atoms with Gasteiger partial charge in [-0.1, -0.05) is 30.3 Å². The molecule has 0 radical (unpaired) electrons. The first-order valence-electron chi connectivity index (χ1n) is 7.35. The van der Waals surface area contributed by atoms with Crippen molar-refractivity contribution in [3.8, 4) is 0 Å². The van der Waals surface area contributed by atoms with Gasteiger partial charge in [0.25, 0.3) is 0 Å². The summed E-state index contributed by atoms with van der Waals surface area (Å²) in [6.07, 6.45) is 5.27. The van der Waals surface area contributed by atoms with Gasteiger partial charge < -0.3 is 10.2 Å². The Morgan fingerprint density at radius 2 is 1.95 bits per heavy atom. The average molecular weight is 274 g/mol. The van der Waals surface area contributed by atoms with E-state index in [0.29, 0.717) is 12.1 Å². The Kier molecular flexibility index (Phi) is 3.74. The zero-order valence-electron chi connectivity index (χ0n) is 11.5. The number of rotatable bonds is 5. The molecule has 0 aliphatic heterocycles. The van der Waals surface area contributed by atoms with Crippen LogP contribution in [0.2, 0.25) is 0 Å². The zero-order chi connectivity index (χ0) is 13.2. The van der Waals surface area contributed by atoms with Crippen LogP contribution >= 0.6 is 12.2 Å². The van der Waals surface area contributed by atoms with Gasteiger partial charge in [-0.2, -0.15) is 0 Å². The Balaban J connectivity index is 1.69. The summed E-state index contributed by atoms with van der Waals surface area (Å²) in [6, 6.07) is 11.8. The molecular weight excluding hydrogens is 252 g/mol. The lowest BCUT2D eigenvalue weighted by atomic mass is 10.1. The Morgan fingerprint density at radius 3 is 2.53 bits per heavy atom. The maximum atomic E-state index is 5.63. The molecule has 102 valence electrons. The van der Waals surface area contributed by atoms with Crippen LogP contribution < -0.4 is 5.32 Å². The van der Waals surface area contributed by atoms with Gasteiger partial charge in [-0.3, -0.25) is 0 Å². The van der Waals surface area contributed by atoms with E-state index >= 15 is 0 Å². The van der Waals surface area contributed by atoms with E-state index in [4.69, 9.17) is 12.2 Å². The standard InChI is InChI=1S/C16H22N2S/c1-12(14-7-8-14)18(16(19)17-15-9-10-15)11-13-5-3-2-4-6-13/h2-6,12,14-15H,7-11H2,1H3,(H,17,19)/t12-/m1/s1. The Labute approximate surface area is 121 Å². The molecule has 1 aromatic rings. The quantitative estimate of drug-likeness (QED) is 0.829. The molecule has 2 saturated carbocycles. The molecule has 2 fully saturated rings. The highest BCUT2D eigenvalue weighted by Crippen LogP contribution is 2.36. The first kappa shape index (κ1) is 12.9. The van der Waals surface area contributed by atoms with Gasteiger partial charge in [0.05, 0.1) is 0 Å². The second-order valence-electron chi connectivity index (χ2n) is 5.92. The van der Waals surface area contributed by atoms with Crippen LogP contribution in [0.1, 0.15) is 38.2 Å². The second-order valence-corrected chi connectivity index (χ2v) is 6.30. The van der Waals surface area contributed by atoms with Crippen LogP contribution in [0.3, 0.4) is 0 Å². The molecular formula is C16H22N2S. The molecule has 1 N–H and O–H groups in total. The number of benzene rings is 1. The highest BCUT2D eigenvalue weighted by Gasteiger charge is 2.34. The third-order valence-corrected chi connectivity index (χ3v) is 4.51. The van der Waals surface area contributed by atoms with Crippen molar-refractivity contribution in [3.05, 3.63) is 35.9 Å². The third kappa shape index (κ3) is 3.47. The fourth-order valence-electron chi connectivity index (χ4n) is 2.50. The van der Waals surface area contributed by atoms with E-state index in [2.05, 4.69) is 47.5 Å². The van der Waals surface area contributed by atoms with Gasteiger partial charge in [0.2, 0.25) is 0 Å². The molecule has 0 heterocycles. The number of nitrogens with one attached hydrogen (secondary N) is 1. The number of nitrogens with zero attached hydrogens (tertiary/aromatic N) is 1. The largest absolute Gasteiger partial charge is 0.360 e. The lowest BCUT2D eigenvalue weighted by Gasteiger charge is -2.32. The van der Waals surface area contributed by atoms with Crippen molar-refractivity contribution in [1.82, 2.24) is 10.2 Å². The van der Waals surface area contributed by atoms with Crippen molar-refractivity contribution in [2.24, 2.45) is 5.92 Å². The smallest absolute Gasteiger partial charge is 0.169 e. The van der Waals surface area contributed by atoms with E-state index in [-0.39, 0.29) is 0 Å². The van der Waals surface area contributed by atoms with E-state index in [1.165, 1.54) is 31.2 Å². The molecule has 3 rings (SSSR count). The molecule has 2 nitrogen and oxygen atoms in total. The van der Waals surface area contributed by atoms with Crippen LogP contribution in [-0.4, -0.2) is 22.1 Å². The fraction of sp³-hybridized carbons (Fsp3) is 0.562. The third-order valence-electron chi connectivity index (χ3n) is 4.16. The first-order valence-corrected chi connectivity index (χ1v) is 7.76. The van der Waals surface area contributed by atoms with Crippen molar-refractivity contribution in [2.75, 3.05) is 0 Å². The minimum Gasteiger partial charge on any atom is -0.360 e. The average Bonchev–Trinajstić information content (AvgIpc) is 3.27. The summed E-state index contributed by atoms with van der Waals surface area (Å²) < 4.78 is 0. The van der Waals surface area contributed by atoms with Gasteiger partial charge in [0.1, 0.15) is 0 Å². The number of hydrogen-bond donors (Lipinski definition) is 1. The Hall–Kier alpha value is -1.09. The minimum atomic E-state index is 0.555. The molecule has 19 heavy (non-hydrogen) atoms. The van der Waals surface area contributed by atoms with E-state index in [1.807, 2.05) is 0 Å². The van der Waals surface area contributed by atoms with Crippen molar-refractivity contribution >= 4 is 17.3 Å². The van der Waals surface area contributed by atoms with Crippen molar-refractivity contribution in [2.45, 2.75) is 51.2 Å². The number of thiocarbonyl (C=S) groups is 1. The van der Waals surface area contributed by atoms with Gasteiger partial charge in [-0.15, -0.1) is 0 Å². The molecule has 0 spiro atoms. The van der Waals surface area contributed by atoms with Crippen LogP contribution in [0.4, 0.5) is 0 Å². The van der Waals surface area contributed by atoms with Gasteiger partial charge in [-0.05, 0) is 56.3 Å². The lowest BCUT2D eigenvalue weighted by Crippen LogP contribution is -2.46. The summed E-state index contributed by atoms with van der Waals surface area (Å²) in [5, 5.41) is 4.44. The fourth-order valence-corrected chi connectivity index (χ4v) is 2.90. The summed E-state index contributed by atoms with van der Waals surface area (Å²) in [4.78, 5) is 2.39. The lowest BCUT2D eigenvalue weighted by molar-refractivity contribution is 0.289. The summed E-state index contributed by atoms with van der Waals surface area (Å²) in [5.74, 6) is 0.836. The molecule has 1 atom stereocenters. The summed E-state index contributed by atoms with van der Waals surface area (Å²) in [7, 11) is 0. The van der Waals surface area contributed by atoms with E-state index in [9.17, 15) is 0 Å². The number of hydrogen-bond acceptors (Lipinski definition) is 1. The van der Waals surface area contributed by atoms with E-state index in [0.717, 1.165) is 17.6 Å². The predicted octanol–water partition coefficient (Wildman–Crippen LogP) is 3.32. The van der Waals surface area contributed by atoms with Crippen LogP contribution in [0.25, 0.3) is 0 Å². The maximum absolute atomic E-state index is 5.63. The molecule has 2 aliphatic carbocycles. The van der Waals surface area contributed by atoms with Crippen LogP contribution in [0.5, 0.6) is 0 Å². The topological polar surface area (TPSA) is 15.3 Å². The van der Waals surface area contributed by atoms with Crippen LogP contribution in [0, 0.1) is 5.92 Å². The van der Waals surface area contributed by atoms with Crippen molar-refractivity contribution in [3.63, 3.8) is 0 Å². The van der Waals surface area contributed by atoms with E-state index < -0.39 is 0 Å². The van der Waals surface area contributed by atoms with Gasteiger partial charge in [0.15, 0.2) is 5.11 Å². The molecule has 1 aromatic carbocycles. The first-order chi connectivity index (χ1) is 9.24. The van der Waals surface area contributed by atoms with Gasteiger partial charge >= 0.3 is 0 Å². The molecule has 2 aliphatic rings. The van der Waals surface area contributed by atoms with Gasteiger partial charge in [0, 0.05) is 18.6 Å².